The maximum Gasteiger partial charge on any atom is 0.451 e. The summed E-state index contributed by atoms with van der Waals surface area (Å²) in [5, 5.41) is 4.35. The normalized spacial score (nSPS) is 15.4. The molecular formula is C15H18F3N5O. The van der Waals surface area contributed by atoms with Crippen LogP contribution in [0, 0.1) is 6.92 Å². The second-order valence-corrected chi connectivity index (χ2v) is 5.82. The first kappa shape index (κ1) is 16.7. The molecule has 0 atom stereocenters. The van der Waals surface area contributed by atoms with Crippen LogP contribution in [-0.4, -0.2) is 38.3 Å². The van der Waals surface area contributed by atoms with E-state index in [0.29, 0.717) is 37.6 Å². The molecule has 3 heterocycles. The molecule has 0 saturated heterocycles. The fourth-order valence-electron chi connectivity index (χ4n) is 2.99. The van der Waals surface area contributed by atoms with Gasteiger partial charge in [-0.25, -0.2) is 14.6 Å². The zero-order chi connectivity index (χ0) is 17.5. The summed E-state index contributed by atoms with van der Waals surface area (Å²) in [6, 6.07) is 0. The maximum atomic E-state index is 12.7. The first-order valence-corrected chi connectivity index (χ1v) is 7.50. The molecule has 2 aromatic rings. The molecule has 2 aromatic heterocycles. The fraction of sp³-hybridized carbons (Fsp3) is 0.533. The van der Waals surface area contributed by atoms with Crippen molar-refractivity contribution in [3.05, 3.63) is 34.5 Å². The van der Waals surface area contributed by atoms with Crippen molar-refractivity contribution in [2.45, 2.75) is 32.6 Å². The maximum absolute atomic E-state index is 12.7. The van der Waals surface area contributed by atoms with Gasteiger partial charge in [-0.1, -0.05) is 0 Å². The van der Waals surface area contributed by atoms with Gasteiger partial charge < -0.3 is 4.74 Å². The molecule has 0 saturated carbocycles. The molecule has 0 N–H and O–H groups in total. The number of hydrogen-bond acceptors (Lipinski definition) is 5. The van der Waals surface area contributed by atoms with Crippen molar-refractivity contribution < 1.29 is 17.9 Å². The van der Waals surface area contributed by atoms with Gasteiger partial charge in [-0.15, -0.1) is 0 Å². The second kappa shape index (κ2) is 6.04. The van der Waals surface area contributed by atoms with E-state index in [1.807, 2.05) is 14.0 Å². The third-order valence-corrected chi connectivity index (χ3v) is 4.13. The van der Waals surface area contributed by atoms with Gasteiger partial charge in [0.2, 0.25) is 11.7 Å². The molecule has 9 heteroatoms. The Kier molecular flexibility index (Phi) is 4.20. The van der Waals surface area contributed by atoms with Gasteiger partial charge in [-0.2, -0.15) is 18.3 Å². The highest BCUT2D eigenvalue weighted by Gasteiger charge is 2.35. The van der Waals surface area contributed by atoms with Crippen LogP contribution in [0.5, 0.6) is 5.88 Å². The molecule has 0 unspecified atom stereocenters. The van der Waals surface area contributed by atoms with Crippen molar-refractivity contribution in [3.63, 3.8) is 0 Å². The highest BCUT2D eigenvalue weighted by atomic mass is 19.4. The monoisotopic (exact) mass is 341 g/mol. The molecule has 1 aliphatic rings. The summed E-state index contributed by atoms with van der Waals surface area (Å²) in [7, 11) is 3.41. The smallest absolute Gasteiger partial charge is 0.451 e. The molecule has 0 bridgehead atoms. The van der Waals surface area contributed by atoms with Gasteiger partial charge in [-0.3, -0.25) is 4.90 Å². The van der Waals surface area contributed by atoms with Crippen molar-refractivity contribution in [3.8, 4) is 5.88 Å². The summed E-state index contributed by atoms with van der Waals surface area (Å²) in [5.74, 6) is -0.374. The third-order valence-electron chi connectivity index (χ3n) is 4.13. The van der Waals surface area contributed by atoms with Crippen molar-refractivity contribution in [2.75, 3.05) is 13.7 Å². The number of aromatic nitrogens is 4. The van der Waals surface area contributed by atoms with Crippen LogP contribution in [0.2, 0.25) is 0 Å². The molecule has 24 heavy (non-hydrogen) atoms. The van der Waals surface area contributed by atoms with Crippen LogP contribution in [0.15, 0.2) is 6.20 Å². The van der Waals surface area contributed by atoms with Gasteiger partial charge in [0, 0.05) is 44.9 Å². The van der Waals surface area contributed by atoms with Crippen LogP contribution >= 0.6 is 0 Å². The van der Waals surface area contributed by atoms with Crippen LogP contribution in [0.25, 0.3) is 0 Å². The van der Waals surface area contributed by atoms with Crippen molar-refractivity contribution in [2.24, 2.45) is 7.05 Å². The second-order valence-electron chi connectivity index (χ2n) is 5.82. The van der Waals surface area contributed by atoms with Gasteiger partial charge in [0.15, 0.2) is 0 Å². The Morgan fingerprint density at radius 1 is 1.33 bits per heavy atom. The number of alkyl halides is 3. The van der Waals surface area contributed by atoms with E-state index in [1.165, 1.54) is 6.20 Å². The largest absolute Gasteiger partial charge is 0.481 e. The minimum atomic E-state index is -4.51. The zero-order valence-electron chi connectivity index (χ0n) is 13.7. The zero-order valence-corrected chi connectivity index (χ0v) is 13.7. The fourth-order valence-corrected chi connectivity index (χ4v) is 2.99. The summed E-state index contributed by atoms with van der Waals surface area (Å²) in [5.41, 5.74) is 3.07. The number of fused-ring (bicyclic) bond motifs is 1. The van der Waals surface area contributed by atoms with Crippen LogP contribution in [-0.2, 0) is 32.7 Å². The minimum absolute atomic E-state index is 0.461. The Bertz CT molecular complexity index is 756. The van der Waals surface area contributed by atoms with Crippen LogP contribution < -0.4 is 4.74 Å². The van der Waals surface area contributed by atoms with Gasteiger partial charge >= 0.3 is 6.18 Å². The summed E-state index contributed by atoms with van der Waals surface area (Å²) in [4.78, 5) is 9.26. The molecule has 130 valence electrons. The number of nitrogens with zero attached hydrogens (tertiary/aromatic N) is 5. The lowest BCUT2D eigenvalue weighted by Crippen LogP contribution is -2.31. The highest BCUT2D eigenvalue weighted by Crippen LogP contribution is 2.29. The molecule has 3 rings (SSSR count). The SMILES string of the molecule is COc1c(CN2CCc3nc(C(F)(F)F)ncc3C2)c(C)nn1C. The lowest BCUT2D eigenvalue weighted by atomic mass is 10.1. The number of hydrogen-bond donors (Lipinski definition) is 0. The molecule has 0 radical (unpaired) electrons. The van der Waals surface area contributed by atoms with Crippen LogP contribution in [0.1, 0.15) is 28.3 Å². The topological polar surface area (TPSA) is 56.1 Å². The van der Waals surface area contributed by atoms with E-state index in [0.717, 1.165) is 16.8 Å². The first-order valence-electron chi connectivity index (χ1n) is 7.50. The number of rotatable bonds is 3. The number of halogens is 3. The van der Waals surface area contributed by atoms with Crippen LogP contribution in [0.3, 0.4) is 0 Å². The lowest BCUT2D eigenvalue weighted by molar-refractivity contribution is -0.145. The van der Waals surface area contributed by atoms with Gasteiger partial charge in [0.1, 0.15) is 0 Å². The predicted molar refractivity (Wildman–Crippen MR) is 79.3 cm³/mol. The molecule has 0 amide bonds. The Labute approximate surface area is 137 Å². The van der Waals surface area contributed by atoms with Crippen molar-refractivity contribution >= 4 is 0 Å². The van der Waals surface area contributed by atoms with E-state index in [2.05, 4.69) is 20.0 Å². The Hall–Kier alpha value is -2.16. The third kappa shape index (κ3) is 3.08. The summed E-state index contributed by atoms with van der Waals surface area (Å²) < 4.78 is 45.1. The van der Waals surface area contributed by atoms with Gasteiger partial charge in [0.25, 0.3) is 0 Å². The van der Waals surface area contributed by atoms with E-state index in [9.17, 15) is 13.2 Å². The van der Waals surface area contributed by atoms with E-state index >= 15 is 0 Å². The lowest BCUT2D eigenvalue weighted by Gasteiger charge is -2.28. The summed E-state index contributed by atoms with van der Waals surface area (Å²) in [6.45, 7) is 3.65. The van der Waals surface area contributed by atoms with Gasteiger partial charge in [-0.05, 0) is 6.92 Å². The highest BCUT2D eigenvalue weighted by molar-refractivity contribution is 5.31. The molecule has 0 fully saturated rings. The predicted octanol–water partition coefficient (Wildman–Crippen LogP) is 2.10. The number of aryl methyl sites for hydroxylation is 2. The molecule has 1 aliphatic heterocycles. The van der Waals surface area contributed by atoms with Gasteiger partial charge in [0.05, 0.1) is 24.1 Å². The van der Waals surface area contributed by atoms with Crippen LogP contribution in [0.4, 0.5) is 13.2 Å². The molecular weight excluding hydrogens is 323 g/mol. The molecule has 0 aromatic carbocycles. The molecule has 6 nitrogen and oxygen atoms in total. The average molecular weight is 341 g/mol. The van der Waals surface area contributed by atoms with E-state index in [1.54, 1.807) is 11.8 Å². The first-order chi connectivity index (χ1) is 11.3. The Morgan fingerprint density at radius 2 is 2.08 bits per heavy atom. The Balaban J connectivity index is 1.79. The molecule has 0 spiro atoms. The standard InChI is InChI=1S/C15H18F3N5O/c1-9-11(13(24-3)22(2)21-9)8-23-5-4-12-10(7-23)6-19-14(20-12)15(16,17)18/h6H,4-5,7-8H2,1-3H3. The van der Waals surface area contributed by atoms with Crippen molar-refractivity contribution in [1.82, 2.24) is 24.6 Å². The number of ether oxygens (including phenoxy) is 1. The van der Waals surface area contributed by atoms with E-state index in [-0.39, 0.29) is 0 Å². The Morgan fingerprint density at radius 3 is 2.75 bits per heavy atom. The minimum Gasteiger partial charge on any atom is -0.481 e. The quantitative estimate of drug-likeness (QED) is 0.856. The van der Waals surface area contributed by atoms with E-state index in [4.69, 9.17) is 4.74 Å². The summed E-state index contributed by atoms with van der Waals surface area (Å²) in [6.07, 6.45) is -2.76. The molecule has 0 aliphatic carbocycles. The van der Waals surface area contributed by atoms with E-state index < -0.39 is 12.0 Å². The average Bonchev–Trinajstić information content (AvgIpc) is 2.79. The number of methoxy groups -OCH3 is 1. The summed E-state index contributed by atoms with van der Waals surface area (Å²) >= 11 is 0. The van der Waals surface area contributed by atoms with Crippen molar-refractivity contribution in [1.29, 1.82) is 0 Å².